The SMILES string of the molecule is CCNc1nc(COCC(F)F)nc2sccc12. The van der Waals surface area contributed by atoms with Crippen molar-refractivity contribution in [3.8, 4) is 0 Å². The van der Waals surface area contributed by atoms with Crippen LogP contribution in [0.2, 0.25) is 0 Å². The lowest BCUT2D eigenvalue weighted by Gasteiger charge is -2.07. The number of fused-ring (bicyclic) bond motifs is 1. The quantitative estimate of drug-likeness (QED) is 0.879. The zero-order chi connectivity index (χ0) is 13.0. The van der Waals surface area contributed by atoms with Crippen molar-refractivity contribution in [2.45, 2.75) is 20.0 Å². The van der Waals surface area contributed by atoms with Crippen molar-refractivity contribution in [1.82, 2.24) is 9.97 Å². The average molecular weight is 273 g/mol. The van der Waals surface area contributed by atoms with Crippen LogP contribution in [0.3, 0.4) is 0 Å². The first kappa shape index (κ1) is 13.1. The lowest BCUT2D eigenvalue weighted by atomic mass is 10.3. The average Bonchev–Trinajstić information content (AvgIpc) is 2.77. The first-order valence-electron chi connectivity index (χ1n) is 5.54. The molecule has 0 aliphatic rings. The topological polar surface area (TPSA) is 47.0 Å². The third-order valence-corrected chi connectivity index (χ3v) is 3.00. The van der Waals surface area contributed by atoms with Gasteiger partial charge in [0.25, 0.3) is 6.43 Å². The van der Waals surface area contributed by atoms with E-state index in [1.807, 2.05) is 18.4 Å². The van der Waals surface area contributed by atoms with Gasteiger partial charge in [0.1, 0.15) is 23.9 Å². The molecule has 0 aliphatic heterocycles. The summed E-state index contributed by atoms with van der Waals surface area (Å²) in [5.74, 6) is 1.14. The van der Waals surface area contributed by atoms with Crippen LogP contribution in [0.1, 0.15) is 12.7 Å². The van der Waals surface area contributed by atoms with E-state index >= 15 is 0 Å². The number of anilines is 1. The molecule has 0 aliphatic carbocycles. The lowest BCUT2D eigenvalue weighted by molar-refractivity contribution is 0.00781. The van der Waals surface area contributed by atoms with Crippen molar-refractivity contribution in [2.75, 3.05) is 18.5 Å². The molecule has 2 aromatic heterocycles. The van der Waals surface area contributed by atoms with E-state index in [0.29, 0.717) is 5.82 Å². The van der Waals surface area contributed by atoms with Gasteiger partial charge in [-0.2, -0.15) is 0 Å². The van der Waals surface area contributed by atoms with Crippen LogP contribution in [0, 0.1) is 0 Å². The van der Waals surface area contributed by atoms with Crippen LogP contribution in [0.25, 0.3) is 10.2 Å². The van der Waals surface area contributed by atoms with E-state index in [0.717, 1.165) is 22.6 Å². The van der Waals surface area contributed by atoms with E-state index in [9.17, 15) is 8.78 Å². The molecule has 4 nitrogen and oxygen atoms in total. The predicted octanol–water partition coefficient (Wildman–Crippen LogP) is 2.90. The highest BCUT2D eigenvalue weighted by molar-refractivity contribution is 7.16. The fourth-order valence-corrected chi connectivity index (χ4v) is 2.29. The second-order valence-electron chi connectivity index (χ2n) is 3.56. The van der Waals surface area contributed by atoms with E-state index in [2.05, 4.69) is 15.3 Å². The summed E-state index contributed by atoms with van der Waals surface area (Å²) in [5, 5.41) is 5.99. The highest BCUT2D eigenvalue weighted by Crippen LogP contribution is 2.25. The molecule has 1 N–H and O–H groups in total. The van der Waals surface area contributed by atoms with Crippen LogP contribution in [0.4, 0.5) is 14.6 Å². The molecule has 0 unspecified atom stereocenters. The molecule has 7 heteroatoms. The molecule has 2 rings (SSSR count). The number of nitrogens with zero attached hydrogens (tertiary/aromatic N) is 2. The van der Waals surface area contributed by atoms with Gasteiger partial charge in [0.05, 0.1) is 5.39 Å². The second kappa shape index (κ2) is 6.01. The van der Waals surface area contributed by atoms with Gasteiger partial charge in [-0.1, -0.05) is 0 Å². The molecular weight excluding hydrogens is 260 g/mol. The Bertz CT molecular complexity index is 518. The van der Waals surface area contributed by atoms with Crippen LogP contribution in [-0.4, -0.2) is 29.5 Å². The van der Waals surface area contributed by atoms with Gasteiger partial charge in [-0.3, -0.25) is 0 Å². The Balaban J connectivity index is 2.17. The van der Waals surface area contributed by atoms with Crippen molar-refractivity contribution in [3.63, 3.8) is 0 Å². The van der Waals surface area contributed by atoms with Crippen molar-refractivity contribution in [3.05, 3.63) is 17.3 Å². The minimum Gasteiger partial charge on any atom is -0.370 e. The minimum atomic E-state index is -2.47. The van der Waals surface area contributed by atoms with Crippen LogP contribution in [-0.2, 0) is 11.3 Å². The van der Waals surface area contributed by atoms with Gasteiger partial charge in [-0.25, -0.2) is 18.7 Å². The lowest BCUT2D eigenvalue weighted by Crippen LogP contribution is -2.08. The Morgan fingerprint density at radius 3 is 3.00 bits per heavy atom. The van der Waals surface area contributed by atoms with Gasteiger partial charge in [0, 0.05) is 6.54 Å². The maximum Gasteiger partial charge on any atom is 0.261 e. The summed E-state index contributed by atoms with van der Waals surface area (Å²) in [6.07, 6.45) is -2.47. The maximum atomic E-state index is 12.0. The van der Waals surface area contributed by atoms with Crippen molar-refractivity contribution in [1.29, 1.82) is 0 Å². The molecule has 2 heterocycles. The zero-order valence-corrected chi connectivity index (χ0v) is 10.6. The van der Waals surface area contributed by atoms with E-state index < -0.39 is 13.0 Å². The second-order valence-corrected chi connectivity index (χ2v) is 4.46. The van der Waals surface area contributed by atoms with E-state index in [4.69, 9.17) is 4.74 Å². The summed E-state index contributed by atoms with van der Waals surface area (Å²) in [6.45, 7) is 2.10. The summed E-state index contributed by atoms with van der Waals surface area (Å²) in [6, 6.07) is 1.93. The van der Waals surface area contributed by atoms with Gasteiger partial charge < -0.3 is 10.1 Å². The Hall–Kier alpha value is -1.34. The first-order chi connectivity index (χ1) is 8.70. The molecule has 98 valence electrons. The molecule has 0 saturated heterocycles. The third kappa shape index (κ3) is 3.11. The maximum absolute atomic E-state index is 12.0. The molecule has 0 bridgehead atoms. The summed E-state index contributed by atoms with van der Waals surface area (Å²) in [5.41, 5.74) is 0. The number of aromatic nitrogens is 2. The van der Waals surface area contributed by atoms with E-state index in [1.54, 1.807) is 0 Å². The summed E-state index contributed by atoms with van der Waals surface area (Å²) < 4.78 is 28.8. The van der Waals surface area contributed by atoms with Gasteiger partial charge in [-0.05, 0) is 18.4 Å². The molecule has 0 atom stereocenters. The van der Waals surface area contributed by atoms with Gasteiger partial charge in [-0.15, -0.1) is 11.3 Å². The van der Waals surface area contributed by atoms with Crippen LogP contribution in [0.15, 0.2) is 11.4 Å². The smallest absolute Gasteiger partial charge is 0.261 e. The fourth-order valence-electron chi connectivity index (χ4n) is 1.51. The largest absolute Gasteiger partial charge is 0.370 e. The molecule has 0 radical (unpaired) electrons. The van der Waals surface area contributed by atoms with Crippen LogP contribution in [0.5, 0.6) is 0 Å². The van der Waals surface area contributed by atoms with Gasteiger partial charge in [0.15, 0.2) is 5.82 Å². The molecule has 18 heavy (non-hydrogen) atoms. The van der Waals surface area contributed by atoms with E-state index in [-0.39, 0.29) is 6.61 Å². The number of alkyl halides is 2. The Morgan fingerprint density at radius 2 is 2.28 bits per heavy atom. The number of nitrogens with one attached hydrogen (secondary N) is 1. The third-order valence-electron chi connectivity index (χ3n) is 2.19. The first-order valence-corrected chi connectivity index (χ1v) is 6.42. The molecule has 0 spiro atoms. The zero-order valence-electron chi connectivity index (χ0n) is 9.82. The minimum absolute atomic E-state index is 0.00340. The fraction of sp³-hybridized carbons (Fsp3) is 0.455. The summed E-state index contributed by atoms with van der Waals surface area (Å²) in [4.78, 5) is 9.38. The normalized spacial score (nSPS) is 11.3. The number of halogens is 2. The van der Waals surface area contributed by atoms with Gasteiger partial charge in [0.2, 0.25) is 0 Å². The van der Waals surface area contributed by atoms with Crippen LogP contribution < -0.4 is 5.32 Å². The highest BCUT2D eigenvalue weighted by atomic mass is 32.1. The Morgan fingerprint density at radius 1 is 1.44 bits per heavy atom. The standard InChI is InChI=1S/C11H13F2N3OS/c1-2-14-10-7-3-4-18-11(7)16-9(15-10)6-17-5-8(12)13/h3-4,8H,2,5-6H2,1H3,(H,14,15,16). The monoisotopic (exact) mass is 273 g/mol. The number of hydrogen-bond acceptors (Lipinski definition) is 5. The van der Waals surface area contributed by atoms with Gasteiger partial charge >= 0.3 is 0 Å². The predicted molar refractivity (Wildman–Crippen MR) is 67.2 cm³/mol. The summed E-state index contributed by atoms with van der Waals surface area (Å²) in [7, 11) is 0. The molecule has 2 aromatic rings. The number of ether oxygens (including phenoxy) is 1. The Kier molecular flexibility index (Phi) is 4.38. The molecule has 0 saturated carbocycles. The molecule has 0 aromatic carbocycles. The summed E-state index contributed by atoms with van der Waals surface area (Å²) >= 11 is 1.49. The van der Waals surface area contributed by atoms with Crippen molar-refractivity contribution < 1.29 is 13.5 Å². The number of hydrogen-bond donors (Lipinski definition) is 1. The van der Waals surface area contributed by atoms with Crippen molar-refractivity contribution >= 4 is 27.4 Å². The number of rotatable bonds is 6. The molecule has 0 amide bonds. The molecule has 0 fully saturated rings. The van der Waals surface area contributed by atoms with Crippen molar-refractivity contribution in [2.24, 2.45) is 0 Å². The van der Waals surface area contributed by atoms with E-state index in [1.165, 1.54) is 11.3 Å². The van der Waals surface area contributed by atoms with Crippen LogP contribution >= 0.6 is 11.3 Å². The highest BCUT2D eigenvalue weighted by Gasteiger charge is 2.09. The Labute approximate surface area is 107 Å². The number of thiophene rings is 1. The molecular formula is C11H13F2N3OS.